The van der Waals surface area contributed by atoms with Crippen LogP contribution in [0, 0.1) is 0 Å². The minimum absolute atomic E-state index is 0.214. The van der Waals surface area contributed by atoms with Crippen LogP contribution in [0.25, 0.3) is 0 Å². The minimum atomic E-state index is -0.339. The maximum Gasteiger partial charge on any atom is 0.274 e. The first kappa shape index (κ1) is 25.2. The number of amides is 2. The van der Waals surface area contributed by atoms with Crippen LogP contribution >= 0.6 is 0 Å². The highest BCUT2D eigenvalue weighted by molar-refractivity contribution is 5.97. The fourth-order valence-electron chi connectivity index (χ4n) is 3.28. The number of likely N-dealkylation sites (N-methyl/N-ethyl adjacent to an activating group) is 1. The Morgan fingerprint density at radius 1 is 1.19 bits per heavy atom. The summed E-state index contributed by atoms with van der Waals surface area (Å²) in [6, 6.07) is 4.92. The van der Waals surface area contributed by atoms with Crippen LogP contribution in [0.4, 0.5) is 0 Å². The van der Waals surface area contributed by atoms with E-state index in [4.69, 9.17) is 0 Å². The lowest BCUT2D eigenvalue weighted by atomic mass is 10.1. The van der Waals surface area contributed by atoms with Crippen LogP contribution in [0.5, 0.6) is 0 Å². The number of unbranched alkanes of at least 4 members (excludes halogenated alkanes) is 2. The summed E-state index contributed by atoms with van der Waals surface area (Å²) in [5.41, 5.74) is 2.26. The molecule has 0 bridgehead atoms. The summed E-state index contributed by atoms with van der Waals surface area (Å²) in [6.07, 6.45) is 16.2. The molecule has 1 aliphatic rings. The van der Waals surface area contributed by atoms with E-state index in [1.54, 1.807) is 18.2 Å². The quantitative estimate of drug-likeness (QED) is 0.362. The third kappa shape index (κ3) is 8.99. The Morgan fingerprint density at radius 2 is 1.97 bits per heavy atom. The van der Waals surface area contributed by atoms with Crippen molar-refractivity contribution in [3.8, 4) is 0 Å². The summed E-state index contributed by atoms with van der Waals surface area (Å²) in [6.45, 7) is 4.73. The van der Waals surface area contributed by atoms with Crippen LogP contribution in [0.3, 0.4) is 0 Å². The maximum atomic E-state index is 12.7. The van der Waals surface area contributed by atoms with Crippen molar-refractivity contribution in [2.24, 2.45) is 0 Å². The van der Waals surface area contributed by atoms with E-state index in [1.807, 2.05) is 48.9 Å². The number of nitrogens with zero attached hydrogens (tertiary/aromatic N) is 1. The Labute approximate surface area is 191 Å². The normalized spacial score (nSPS) is 15.6. The van der Waals surface area contributed by atoms with E-state index < -0.39 is 0 Å². The number of allylic oxidation sites excluding steroid dienone is 6. The van der Waals surface area contributed by atoms with Crippen molar-refractivity contribution in [2.75, 3.05) is 33.7 Å². The molecule has 0 fully saturated rings. The van der Waals surface area contributed by atoms with E-state index in [0.29, 0.717) is 12.2 Å². The summed E-state index contributed by atoms with van der Waals surface area (Å²) in [7, 11) is 4.10. The average molecular weight is 440 g/mol. The number of aromatic nitrogens is 1. The van der Waals surface area contributed by atoms with E-state index in [1.165, 1.54) is 24.2 Å². The van der Waals surface area contributed by atoms with Crippen molar-refractivity contribution in [1.82, 2.24) is 15.6 Å². The number of hydrogen-bond donors (Lipinski definition) is 4. The van der Waals surface area contributed by atoms with Gasteiger partial charge < -0.3 is 20.9 Å². The molecule has 172 valence electrons. The van der Waals surface area contributed by atoms with Gasteiger partial charge in [0, 0.05) is 5.70 Å². The predicted octanol–water partition coefficient (Wildman–Crippen LogP) is 0.723. The Hall–Kier alpha value is -3.03. The zero-order valence-corrected chi connectivity index (χ0v) is 19.5. The van der Waals surface area contributed by atoms with Crippen molar-refractivity contribution in [1.29, 1.82) is 0 Å². The van der Waals surface area contributed by atoms with Crippen LogP contribution < -0.4 is 20.9 Å². The van der Waals surface area contributed by atoms with E-state index in [9.17, 15) is 9.59 Å². The first-order valence-electron chi connectivity index (χ1n) is 11.4. The fraction of sp³-hybridized carbons (Fsp3) is 0.400. The molecule has 1 aliphatic carbocycles. The Bertz CT molecular complexity index is 886. The fourth-order valence-corrected chi connectivity index (χ4v) is 3.28. The number of carbonyl (C=O) groups is 2. The van der Waals surface area contributed by atoms with Gasteiger partial charge >= 0.3 is 0 Å². The van der Waals surface area contributed by atoms with Crippen molar-refractivity contribution in [2.45, 2.75) is 32.6 Å². The van der Waals surface area contributed by atoms with Gasteiger partial charge in [-0.15, -0.1) is 0 Å². The lowest BCUT2D eigenvalue weighted by Crippen LogP contribution is -3.09. The lowest BCUT2D eigenvalue weighted by Gasteiger charge is -2.14. The van der Waals surface area contributed by atoms with Crippen LogP contribution in [0.2, 0.25) is 0 Å². The summed E-state index contributed by atoms with van der Waals surface area (Å²) < 4.78 is 0. The van der Waals surface area contributed by atoms with Gasteiger partial charge in [0.2, 0.25) is 0 Å². The van der Waals surface area contributed by atoms with Gasteiger partial charge in [0.1, 0.15) is 11.4 Å². The van der Waals surface area contributed by atoms with Gasteiger partial charge in [-0.2, -0.15) is 0 Å². The molecule has 0 radical (unpaired) electrons. The topological polar surface area (TPSA) is 92.1 Å². The second-order valence-electron chi connectivity index (χ2n) is 7.95. The largest absolute Gasteiger partial charge is 0.345 e. The monoisotopic (exact) mass is 439 g/mol. The SMILES string of the molecule is CCCCC[NH+](C)CCNC(=O)c1cccc(C(=O)NC2=C/C(=C/C=C\[NH2+]C)CC=C2)n1. The third-order valence-corrected chi connectivity index (χ3v) is 5.12. The van der Waals surface area contributed by atoms with E-state index in [-0.39, 0.29) is 23.2 Å². The van der Waals surface area contributed by atoms with E-state index in [2.05, 4.69) is 29.6 Å². The van der Waals surface area contributed by atoms with Gasteiger partial charge in [-0.25, -0.2) is 4.98 Å². The molecule has 0 spiro atoms. The summed E-state index contributed by atoms with van der Waals surface area (Å²) in [4.78, 5) is 30.8. The second-order valence-corrected chi connectivity index (χ2v) is 7.95. The van der Waals surface area contributed by atoms with Gasteiger partial charge in [0.25, 0.3) is 11.8 Å². The van der Waals surface area contributed by atoms with Crippen molar-refractivity contribution in [3.05, 3.63) is 77.4 Å². The van der Waals surface area contributed by atoms with Crippen LogP contribution in [-0.2, 0) is 0 Å². The molecule has 0 saturated heterocycles. The Morgan fingerprint density at radius 3 is 2.72 bits per heavy atom. The number of rotatable bonds is 12. The molecule has 1 unspecified atom stereocenters. The molecular formula is C25H37N5O2+2. The van der Waals surface area contributed by atoms with Crippen molar-refractivity contribution < 1.29 is 19.8 Å². The molecule has 32 heavy (non-hydrogen) atoms. The van der Waals surface area contributed by atoms with Crippen LogP contribution in [-0.4, -0.2) is 50.5 Å². The second kappa shape index (κ2) is 14.1. The summed E-state index contributed by atoms with van der Waals surface area (Å²) in [5.74, 6) is -0.600. The van der Waals surface area contributed by atoms with Crippen molar-refractivity contribution >= 4 is 11.8 Å². The molecule has 0 aromatic carbocycles. The average Bonchev–Trinajstić information content (AvgIpc) is 2.80. The van der Waals surface area contributed by atoms with Gasteiger partial charge in [0.15, 0.2) is 0 Å². The van der Waals surface area contributed by atoms with E-state index in [0.717, 1.165) is 25.1 Å². The number of carbonyl (C=O) groups excluding carboxylic acids is 2. The molecule has 7 heteroatoms. The lowest BCUT2D eigenvalue weighted by molar-refractivity contribution is -0.878. The molecule has 2 rings (SSSR count). The minimum Gasteiger partial charge on any atom is -0.345 e. The third-order valence-electron chi connectivity index (χ3n) is 5.12. The zero-order chi connectivity index (χ0) is 23.2. The van der Waals surface area contributed by atoms with Crippen LogP contribution in [0.15, 0.2) is 66.0 Å². The molecular weight excluding hydrogens is 402 g/mol. The molecule has 2 amide bonds. The number of nitrogens with two attached hydrogens (primary N) is 1. The highest BCUT2D eigenvalue weighted by Gasteiger charge is 2.14. The summed E-state index contributed by atoms with van der Waals surface area (Å²) in [5, 5.41) is 7.74. The number of hydrogen-bond acceptors (Lipinski definition) is 3. The number of quaternary nitrogens is 2. The van der Waals surface area contributed by atoms with Gasteiger partial charge in [0.05, 0.1) is 39.9 Å². The molecule has 7 nitrogen and oxygen atoms in total. The molecule has 0 aliphatic heterocycles. The Balaban J connectivity index is 1.90. The number of nitrogens with one attached hydrogen (secondary N) is 3. The Kier molecular flexibility index (Phi) is 11.1. The molecule has 0 saturated carbocycles. The standard InChI is InChI=1S/C25H35N5O2/c1-4-5-6-17-30(3)18-16-27-24(31)22-13-8-14-23(29-22)25(32)28-21-12-7-10-20(19-21)11-9-15-26-2/h7-9,11-15,19,26H,4-6,10,16-18H2,1-3H3,(H,27,31)(H,28,32)/p+2/b15-9-,20-11+. The highest BCUT2D eigenvalue weighted by atomic mass is 16.2. The predicted molar refractivity (Wildman–Crippen MR) is 127 cm³/mol. The van der Waals surface area contributed by atoms with E-state index >= 15 is 0 Å². The zero-order valence-electron chi connectivity index (χ0n) is 19.5. The van der Waals surface area contributed by atoms with Gasteiger partial charge in [-0.05, 0) is 55.2 Å². The van der Waals surface area contributed by atoms with Gasteiger partial charge in [-0.1, -0.05) is 31.6 Å². The smallest absolute Gasteiger partial charge is 0.274 e. The summed E-state index contributed by atoms with van der Waals surface area (Å²) >= 11 is 0. The van der Waals surface area contributed by atoms with Crippen molar-refractivity contribution in [3.63, 3.8) is 0 Å². The highest BCUT2D eigenvalue weighted by Crippen LogP contribution is 2.14. The molecule has 1 atom stereocenters. The molecule has 1 aromatic heterocycles. The molecule has 1 heterocycles. The maximum absolute atomic E-state index is 12.7. The molecule has 5 N–H and O–H groups in total. The van der Waals surface area contributed by atoms with Gasteiger partial charge in [-0.3, -0.25) is 9.59 Å². The first-order chi connectivity index (χ1) is 15.5. The van der Waals surface area contributed by atoms with Crippen LogP contribution in [0.1, 0.15) is 53.6 Å². The molecule has 1 aromatic rings. The number of pyridine rings is 1. The first-order valence-corrected chi connectivity index (χ1v) is 11.4.